The summed E-state index contributed by atoms with van der Waals surface area (Å²) in [7, 11) is 1.77. The molecule has 0 saturated heterocycles. The maximum Gasteiger partial charge on any atom is 0.146 e. The first-order valence-corrected chi connectivity index (χ1v) is 8.65. The second-order valence-corrected chi connectivity index (χ2v) is 6.46. The van der Waals surface area contributed by atoms with Crippen molar-refractivity contribution >= 4 is 22.6 Å². The number of nitrogens with zero attached hydrogens (tertiary/aromatic N) is 1. The topological polar surface area (TPSA) is 44.7 Å². The van der Waals surface area contributed by atoms with Crippen LogP contribution in [0.3, 0.4) is 0 Å². The molecule has 1 aliphatic heterocycles. The third-order valence-corrected chi connectivity index (χ3v) is 4.33. The lowest BCUT2D eigenvalue weighted by Gasteiger charge is -2.29. The molecule has 2 N–H and O–H groups in total. The molecule has 6 heteroatoms. The van der Waals surface area contributed by atoms with Gasteiger partial charge in [-0.15, -0.1) is 0 Å². The molecule has 0 aliphatic carbocycles. The summed E-state index contributed by atoms with van der Waals surface area (Å²) in [6.07, 6.45) is 2.21. The largest absolute Gasteiger partial charge is 0.491 e. The lowest BCUT2D eigenvalue weighted by atomic mass is 9.97. The Labute approximate surface area is 157 Å². The molecule has 0 aromatic heterocycles. The van der Waals surface area contributed by atoms with Gasteiger partial charge in [0.2, 0.25) is 0 Å². The van der Waals surface area contributed by atoms with E-state index in [0.29, 0.717) is 41.3 Å². The zero-order chi connectivity index (χ0) is 19.6. The summed E-state index contributed by atoms with van der Waals surface area (Å²) in [6.45, 7) is 6.24. The summed E-state index contributed by atoms with van der Waals surface area (Å²) in [5.41, 5.74) is 3.26. The van der Waals surface area contributed by atoms with Crippen LogP contribution in [-0.2, 0) is 4.74 Å². The summed E-state index contributed by atoms with van der Waals surface area (Å²) in [4.78, 5) is 1.73. The minimum absolute atomic E-state index is 0.0247. The number of hydrogen-bond acceptors (Lipinski definition) is 4. The maximum absolute atomic E-state index is 14.3. The first-order valence-electron chi connectivity index (χ1n) is 8.65. The summed E-state index contributed by atoms with van der Waals surface area (Å²) in [5, 5.41) is 11.9. The van der Waals surface area contributed by atoms with Crippen LogP contribution in [0.1, 0.15) is 17.5 Å². The van der Waals surface area contributed by atoms with Crippen LogP contribution in [0.15, 0.2) is 48.9 Å². The molecule has 2 aromatic carbocycles. The van der Waals surface area contributed by atoms with E-state index in [0.717, 1.165) is 5.56 Å². The first kappa shape index (κ1) is 18.9. The van der Waals surface area contributed by atoms with Crippen molar-refractivity contribution in [2.75, 3.05) is 30.5 Å². The van der Waals surface area contributed by atoms with Crippen molar-refractivity contribution < 1.29 is 18.6 Å². The molecule has 0 spiro atoms. The Kier molecular flexibility index (Phi) is 5.46. The number of hydrogen-bond donors (Lipinski definition) is 2. The molecule has 1 heterocycles. The number of halogens is 2. The second kappa shape index (κ2) is 7.80. The van der Waals surface area contributed by atoms with Crippen molar-refractivity contribution in [3.63, 3.8) is 0 Å². The average Bonchev–Trinajstić information content (AvgIpc) is 2.61. The Morgan fingerprint density at radius 3 is 2.67 bits per heavy atom. The molecule has 0 amide bonds. The number of anilines is 3. The Hall–Kier alpha value is -2.86. The van der Waals surface area contributed by atoms with Gasteiger partial charge in [0.1, 0.15) is 17.4 Å². The SMILES string of the molecule is C=C1C(OCCCO)=CN(C)c2cc(F)cc(Nc3ccc(C)cc3F)c21. The molecule has 0 unspecified atom stereocenters. The van der Waals surface area contributed by atoms with Crippen molar-refractivity contribution in [3.05, 3.63) is 71.6 Å². The van der Waals surface area contributed by atoms with E-state index in [1.807, 2.05) is 0 Å². The number of benzene rings is 2. The van der Waals surface area contributed by atoms with Crippen LogP contribution >= 0.6 is 0 Å². The van der Waals surface area contributed by atoms with Crippen LogP contribution in [0, 0.1) is 18.6 Å². The zero-order valence-electron chi connectivity index (χ0n) is 15.4. The van der Waals surface area contributed by atoms with Gasteiger partial charge in [-0.2, -0.15) is 0 Å². The fourth-order valence-electron chi connectivity index (χ4n) is 2.97. The van der Waals surface area contributed by atoms with Crippen LogP contribution in [0.25, 0.3) is 5.57 Å². The number of nitrogens with one attached hydrogen (secondary N) is 1. The van der Waals surface area contributed by atoms with E-state index >= 15 is 0 Å². The smallest absolute Gasteiger partial charge is 0.146 e. The van der Waals surface area contributed by atoms with E-state index < -0.39 is 11.6 Å². The van der Waals surface area contributed by atoms with E-state index in [1.54, 1.807) is 37.2 Å². The minimum atomic E-state index is -0.443. The third kappa shape index (κ3) is 3.95. The predicted octanol–water partition coefficient (Wildman–Crippen LogP) is 4.72. The number of aliphatic hydroxyl groups excluding tert-OH is 1. The van der Waals surface area contributed by atoms with Crippen LogP contribution in [-0.4, -0.2) is 25.4 Å². The third-order valence-electron chi connectivity index (χ3n) is 4.33. The quantitative estimate of drug-likeness (QED) is 0.720. The molecule has 0 radical (unpaired) electrons. The number of allylic oxidation sites excluding steroid dienone is 1. The van der Waals surface area contributed by atoms with Crippen molar-refractivity contribution in [1.29, 1.82) is 0 Å². The van der Waals surface area contributed by atoms with E-state index in [2.05, 4.69) is 11.9 Å². The number of aryl methyl sites for hydroxylation is 1. The van der Waals surface area contributed by atoms with Crippen molar-refractivity contribution in [2.45, 2.75) is 13.3 Å². The van der Waals surface area contributed by atoms with Gasteiger partial charge < -0.3 is 20.1 Å². The van der Waals surface area contributed by atoms with Gasteiger partial charge in [-0.3, -0.25) is 0 Å². The van der Waals surface area contributed by atoms with Gasteiger partial charge in [0.25, 0.3) is 0 Å². The highest BCUT2D eigenvalue weighted by atomic mass is 19.1. The standard InChI is InChI=1S/C21H22F2N2O2/c1-13-5-6-17(16(23)9-13)24-18-10-15(22)11-19-21(18)14(2)20(12-25(19)3)27-8-4-7-26/h5-6,9-12,24,26H,2,4,7-8H2,1,3H3. The lowest BCUT2D eigenvalue weighted by molar-refractivity contribution is 0.185. The zero-order valence-corrected chi connectivity index (χ0v) is 15.4. The first-order chi connectivity index (χ1) is 12.9. The van der Waals surface area contributed by atoms with Gasteiger partial charge in [0.05, 0.1) is 23.7 Å². The van der Waals surface area contributed by atoms with Crippen molar-refractivity contribution in [2.24, 2.45) is 0 Å². The molecule has 4 nitrogen and oxygen atoms in total. The van der Waals surface area contributed by atoms with Crippen LogP contribution < -0.4 is 10.2 Å². The van der Waals surface area contributed by atoms with Gasteiger partial charge in [-0.1, -0.05) is 12.6 Å². The Morgan fingerprint density at radius 2 is 1.96 bits per heavy atom. The fraction of sp³-hybridized carbons (Fsp3) is 0.238. The monoisotopic (exact) mass is 372 g/mol. The van der Waals surface area contributed by atoms with Gasteiger partial charge in [0.15, 0.2) is 0 Å². The molecule has 1 aliphatic rings. The number of ether oxygens (including phenoxy) is 1. The summed E-state index contributed by atoms with van der Waals surface area (Å²) in [6, 6.07) is 7.53. The number of aliphatic hydroxyl groups is 1. The van der Waals surface area contributed by atoms with Crippen LogP contribution in [0.5, 0.6) is 0 Å². The van der Waals surface area contributed by atoms with Crippen LogP contribution in [0.4, 0.5) is 25.8 Å². The highest BCUT2D eigenvalue weighted by Gasteiger charge is 2.25. The second-order valence-electron chi connectivity index (χ2n) is 6.46. The molecule has 27 heavy (non-hydrogen) atoms. The molecule has 0 bridgehead atoms. The lowest BCUT2D eigenvalue weighted by Crippen LogP contribution is -2.19. The molecule has 0 fully saturated rings. The molecule has 142 valence electrons. The minimum Gasteiger partial charge on any atom is -0.491 e. The fourth-order valence-corrected chi connectivity index (χ4v) is 2.97. The maximum atomic E-state index is 14.3. The van der Waals surface area contributed by atoms with Crippen molar-refractivity contribution in [1.82, 2.24) is 0 Å². The Bertz CT molecular complexity index is 909. The average molecular weight is 372 g/mol. The molecular weight excluding hydrogens is 350 g/mol. The van der Waals surface area contributed by atoms with E-state index in [4.69, 9.17) is 9.84 Å². The predicted molar refractivity (Wildman–Crippen MR) is 104 cm³/mol. The summed E-state index contributed by atoms with van der Waals surface area (Å²) >= 11 is 0. The number of fused-ring (bicyclic) bond motifs is 1. The van der Waals surface area contributed by atoms with Gasteiger partial charge in [0, 0.05) is 37.4 Å². The van der Waals surface area contributed by atoms with E-state index in [9.17, 15) is 8.78 Å². The molecular formula is C21H22F2N2O2. The number of rotatable bonds is 6. The molecule has 2 aromatic rings. The van der Waals surface area contributed by atoms with E-state index in [-0.39, 0.29) is 12.3 Å². The van der Waals surface area contributed by atoms with Crippen molar-refractivity contribution in [3.8, 4) is 0 Å². The highest BCUT2D eigenvalue weighted by Crippen LogP contribution is 2.42. The van der Waals surface area contributed by atoms with Gasteiger partial charge in [-0.05, 0) is 36.8 Å². The van der Waals surface area contributed by atoms with Gasteiger partial charge >= 0.3 is 0 Å². The van der Waals surface area contributed by atoms with Crippen LogP contribution in [0.2, 0.25) is 0 Å². The molecule has 3 rings (SSSR count). The Morgan fingerprint density at radius 1 is 1.19 bits per heavy atom. The molecule has 0 atom stereocenters. The summed E-state index contributed by atoms with van der Waals surface area (Å²) in [5.74, 6) is -0.336. The Balaban J connectivity index is 2.00. The van der Waals surface area contributed by atoms with Gasteiger partial charge in [-0.25, -0.2) is 8.78 Å². The summed E-state index contributed by atoms with van der Waals surface area (Å²) < 4.78 is 34.2. The normalized spacial score (nSPS) is 13.3. The van der Waals surface area contributed by atoms with E-state index in [1.165, 1.54) is 18.2 Å². The molecule has 0 saturated carbocycles. The highest BCUT2D eigenvalue weighted by molar-refractivity contribution is 5.94.